The summed E-state index contributed by atoms with van der Waals surface area (Å²) in [6.07, 6.45) is 72.8. The van der Waals surface area contributed by atoms with Gasteiger partial charge in [0, 0.05) is 0 Å². The van der Waals surface area contributed by atoms with E-state index in [1.54, 1.807) is 0 Å². The topological polar surface area (TPSA) is 110 Å². The fourth-order valence-corrected chi connectivity index (χ4v) is 10.2. The second-order valence-electron chi connectivity index (χ2n) is 22.1. The van der Waals surface area contributed by atoms with Crippen LogP contribution < -0.4 is 5.32 Å². The maximum Gasteiger partial charge on any atom is 0.249 e. The monoisotopic (exact) mass is 988 g/mol. The Bertz CT molecular complexity index is 1060. The first-order valence-electron chi connectivity index (χ1n) is 31.7. The number of allylic oxidation sites excluding steroid dienone is 4. The minimum Gasteiger partial charge on any atom is -0.394 e. The number of hydrogen-bond acceptors (Lipinski definition) is 5. The highest BCUT2D eigenvalue weighted by Gasteiger charge is 2.28. The minimum atomic E-state index is -1.29. The maximum absolute atomic E-state index is 12.6. The van der Waals surface area contributed by atoms with E-state index >= 15 is 0 Å². The van der Waals surface area contributed by atoms with Crippen molar-refractivity contribution in [2.45, 2.75) is 372 Å². The SMILES string of the molecule is CCCCCCCCCCCCCCCC/C=C/CC/C=C/CCCC(O)C(O)C(CO)NC(=O)C(O)CCCCCCCCCCCCCCCCCCCCCCCCCCCCCCCCC. The molecule has 0 rings (SSSR count). The standard InChI is InChI=1S/C64H125NO5/c1-3-5-7-9-11-13-15-17-19-21-23-25-27-28-29-30-31-32-33-34-36-38-40-42-44-46-48-50-52-54-56-58-62(68)64(70)65-60(59-66)63(69)61(67)57-55-53-51-49-47-45-43-41-39-37-35-26-24-22-20-18-16-14-12-10-8-6-4-2/h41,43,49,51,60-63,66-69H,3-40,42,44-48,50,52-59H2,1-2H3,(H,65,70)/b43-41+,51-49+. The third-order valence-corrected chi connectivity index (χ3v) is 15.1. The van der Waals surface area contributed by atoms with Crippen LogP contribution >= 0.6 is 0 Å². The number of aliphatic hydroxyl groups is 4. The summed E-state index contributed by atoms with van der Waals surface area (Å²) in [4.78, 5) is 12.6. The first-order chi connectivity index (χ1) is 34.5. The molecule has 0 aromatic carbocycles. The Morgan fingerprint density at radius 1 is 0.343 bits per heavy atom. The molecular weight excluding hydrogens is 863 g/mol. The molecular formula is C64H125NO5. The van der Waals surface area contributed by atoms with Crippen molar-refractivity contribution in [2.75, 3.05) is 6.61 Å². The summed E-state index contributed by atoms with van der Waals surface area (Å²) in [5.41, 5.74) is 0. The fourth-order valence-electron chi connectivity index (χ4n) is 10.2. The van der Waals surface area contributed by atoms with Gasteiger partial charge in [-0.15, -0.1) is 0 Å². The molecule has 0 aliphatic rings. The first kappa shape index (κ1) is 68.8. The lowest BCUT2D eigenvalue weighted by Gasteiger charge is -2.27. The number of aliphatic hydroxyl groups excluding tert-OH is 4. The summed E-state index contributed by atoms with van der Waals surface area (Å²) in [5, 5.41) is 44.1. The molecule has 0 radical (unpaired) electrons. The zero-order valence-corrected chi connectivity index (χ0v) is 47.3. The molecule has 5 N–H and O–H groups in total. The maximum atomic E-state index is 12.6. The van der Waals surface area contributed by atoms with Crippen LogP contribution in [0.25, 0.3) is 0 Å². The highest BCUT2D eigenvalue weighted by Crippen LogP contribution is 2.19. The van der Waals surface area contributed by atoms with Crippen LogP contribution in [0.1, 0.15) is 348 Å². The van der Waals surface area contributed by atoms with E-state index in [0.717, 1.165) is 38.5 Å². The molecule has 1 amide bonds. The Hall–Kier alpha value is -1.21. The lowest BCUT2D eigenvalue weighted by atomic mass is 10.00. The van der Waals surface area contributed by atoms with E-state index in [2.05, 4.69) is 43.5 Å². The van der Waals surface area contributed by atoms with Crippen molar-refractivity contribution in [3.05, 3.63) is 24.3 Å². The largest absolute Gasteiger partial charge is 0.394 e. The van der Waals surface area contributed by atoms with Crippen LogP contribution in [0.3, 0.4) is 0 Å². The quantitative estimate of drug-likeness (QED) is 0.0308. The van der Waals surface area contributed by atoms with Gasteiger partial charge in [0.2, 0.25) is 5.91 Å². The summed E-state index contributed by atoms with van der Waals surface area (Å²) >= 11 is 0. The van der Waals surface area contributed by atoms with E-state index in [1.165, 1.54) is 276 Å². The van der Waals surface area contributed by atoms with Crippen molar-refractivity contribution in [2.24, 2.45) is 0 Å². The summed E-state index contributed by atoms with van der Waals surface area (Å²) < 4.78 is 0. The highest BCUT2D eigenvalue weighted by atomic mass is 16.3. The second-order valence-corrected chi connectivity index (χ2v) is 22.1. The van der Waals surface area contributed by atoms with E-state index in [-0.39, 0.29) is 0 Å². The van der Waals surface area contributed by atoms with Gasteiger partial charge in [-0.05, 0) is 51.4 Å². The Morgan fingerprint density at radius 2 is 0.600 bits per heavy atom. The Kier molecular flexibility index (Phi) is 57.7. The van der Waals surface area contributed by atoms with Gasteiger partial charge in [0.25, 0.3) is 0 Å². The summed E-state index contributed by atoms with van der Waals surface area (Å²) in [7, 11) is 0. The zero-order valence-electron chi connectivity index (χ0n) is 47.3. The first-order valence-corrected chi connectivity index (χ1v) is 31.7. The van der Waals surface area contributed by atoms with Gasteiger partial charge in [0.05, 0.1) is 18.8 Å². The third kappa shape index (κ3) is 51.7. The molecule has 6 nitrogen and oxygen atoms in total. The number of rotatable bonds is 59. The summed E-state index contributed by atoms with van der Waals surface area (Å²) in [6.45, 7) is 4.09. The summed E-state index contributed by atoms with van der Waals surface area (Å²) in [6, 6.07) is -1.01. The molecule has 0 fully saturated rings. The smallest absolute Gasteiger partial charge is 0.249 e. The number of carbonyl (C=O) groups excluding carboxylic acids is 1. The number of carbonyl (C=O) groups is 1. The van der Waals surface area contributed by atoms with Crippen molar-refractivity contribution in [1.29, 1.82) is 0 Å². The van der Waals surface area contributed by atoms with E-state index in [9.17, 15) is 25.2 Å². The molecule has 0 heterocycles. The average Bonchev–Trinajstić information content (AvgIpc) is 3.36. The molecule has 4 atom stereocenters. The van der Waals surface area contributed by atoms with Crippen LogP contribution in [0, 0.1) is 0 Å². The molecule has 0 bridgehead atoms. The second kappa shape index (κ2) is 58.7. The van der Waals surface area contributed by atoms with E-state index in [4.69, 9.17) is 0 Å². The highest BCUT2D eigenvalue weighted by molar-refractivity contribution is 5.80. The van der Waals surface area contributed by atoms with Gasteiger partial charge in [-0.25, -0.2) is 0 Å². The van der Waals surface area contributed by atoms with Crippen LogP contribution in [-0.4, -0.2) is 57.3 Å². The van der Waals surface area contributed by atoms with Crippen LogP contribution in [-0.2, 0) is 4.79 Å². The Balaban J connectivity index is 3.59. The molecule has 0 aromatic heterocycles. The van der Waals surface area contributed by atoms with Crippen molar-refractivity contribution in [3.63, 3.8) is 0 Å². The number of unbranched alkanes of at least 4 members (excludes halogenated alkanes) is 46. The predicted molar refractivity (Wildman–Crippen MR) is 307 cm³/mol. The lowest BCUT2D eigenvalue weighted by molar-refractivity contribution is -0.132. The van der Waals surface area contributed by atoms with Gasteiger partial charge in [-0.1, -0.05) is 321 Å². The van der Waals surface area contributed by atoms with Gasteiger partial charge < -0.3 is 25.7 Å². The van der Waals surface area contributed by atoms with E-state index < -0.39 is 36.9 Å². The molecule has 0 aromatic rings. The third-order valence-electron chi connectivity index (χ3n) is 15.1. The van der Waals surface area contributed by atoms with Crippen LogP contribution in [0.5, 0.6) is 0 Å². The molecule has 0 saturated heterocycles. The molecule has 416 valence electrons. The minimum absolute atomic E-state index is 0.365. The zero-order chi connectivity index (χ0) is 50.9. The van der Waals surface area contributed by atoms with Gasteiger partial charge in [-0.2, -0.15) is 0 Å². The molecule has 0 aliphatic carbocycles. The van der Waals surface area contributed by atoms with Crippen molar-refractivity contribution in [3.8, 4) is 0 Å². The normalized spacial score (nSPS) is 13.7. The van der Waals surface area contributed by atoms with Crippen LogP contribution in [0.4, 0.5) is 0 Å². The average molecular weight is 989 g/mol. The Morgan fingerprint density at radius 3 is 0.900 bits per heavy atom. The fraction of sp³-hybridized carbons (Fsp3) is 0.922. The molecule has 0 spiro atoms. The summed E-state index contributed by atoms with van der Waals surface area (Å²) in [5.74, 6) is -0.590. The number of nitrogens with one attached hydrogen (secondary N) is 1. The van der Waals surface area contributed by atoms with Gasteiger partial charge >= 0.3 is 0 Å². The lowest BCUT2D eigenvalue weighted by Crippen LogP contribution is -2.53. The van der Waals surface area contributed by atoms with Crippen molar-refractivity contribution in [1.82, 2.24) is 5.32 Å². The van der Waals surface area contributed by atoms with E-state index in [0.29, 0.717) is 19.3 Å². The predicted octanol–water partition coefficient (Wildman–Crippen LogP) is 19.0. The van der Waals surface area contributed by atoms with Gasteiger partial charge in [-0.3, -0.25) is 4.79 Å². The van der Waals surface area contributed by atoms with Crippen LogP contribution in [0.15, 0.2) is 24.3 Å². The molecule has 4 unspecified atom stereocenters. The van der Waals surface area contributed by atoms with E-state index in [1.807, 2.05) is 0 Å². The number of amides is 1. The molecule has 70 heavy (non-hydrogen) atoms. The van der Waals surface area contributed by atoms with Gasteiger partial charge in [0.15, 0.2) is 0 Å². The number of hydrogen-bond donors (Lipinski definition) is 5. The van der Waals surface area contributed by atoms with Crippen molar-refractivity contribution < 1.29 is 25.2 Å². The molecule has 0 aliphatic heterocycles. The Labute approximate surface area is 437 Å². The van der Waals surface area contributed by atoms with Crippen molar-refractivity contribution >= 4 is 5.91 Å². The van der Waals surface area contributed by atoms with Crippen LogP contribution in [0.2, 0.25) is 0 Å². The van der Waals surface area contributed by atoms with Gasteiger partial charge in [0.1, 0.15) is 12.2 Å². The molecule has 0 saturated carbocycles. The molecule has 6 heteroatoms.